The maximum atomic E-state index is 13.4. The first-order valence-corrected chi connectivity index (χ1v) is 11.7. The summed E-state index contributed by atoms with van der Waals surface area (Å²) in [5.41, 5.74) is 2.07. The van der Waals surface area contributed by atoms with E-state index in [1.54, 1.807) is 22.8 Å². The maximum absolute atomic E-state index is 13.4. The molecule has 34 heavy (non-hydrogen) atoms. The minimum absolute atomic E-state index is 0.0933. The molecule has 0 spiro atoms. The molecule has 0 atom stereocenters. The number of thiazole rings is 1. The van der Waals surface area contributed by atoms with E-state index in [-0.39, 0.29) is 11.3 Å². The number of fused-ring (bicyclic) bond motifs is 1. The molecule has 0 saturated carbocycles. The Morgan fingerprint density at radius 2 is 1.79 bits per heavy atom. The van der Waals surface area contributed by atoms with Crippen molar-refractivity contribution < 1.29 is 18.3 Å². The molecule has 3 heterocycles. The van der Waals surface area contributed by atoms with Crippen LogP contribution in [0.2, 0.25) is 0 Å². The standard InChI is InChI=1S/C24H22F2N4O3S/c25-24(26)33-17-7-5-16(6-8-17)20-15-34-22(28-20)14-30-21(13-29-9-11-32-12-10-29)27-19-4-2-1-3-18(19)23(30)31/h1-8,15,24H,9-14H2. The maximum Gasteiger partial charge on any atom is 0.387 e. The van der Waals surface area contributed by atoms with E-state index in [1.807, 2.05) is 23.6 Å². The van der Waals surface area contributed by atoms with E-state index in [4.69, 9.17) is 9.72 Å². The lowest BCUT2D eigenvalue weighted by atomic mass is 10.2. The lowest BCUT2D eigenvalue weighted by Gasteiger charge is -2.27. The molecule has 1 aliphatic heterocycles. The van der Waals surface area contributed by atoms with Gasteiger partial charge >= 0.3 is 6.61 Å². The van der Waals surface area contributed by atoms with Crippen LogP contribution in [0.5, 0.6) is 5.75 Å². The van der Waals surface area contributed by atoms with Crippen LogP contribution >= 0.6 is 11.3 Å². The van der Waals surface area contributed by atoms with E-state index in [9.17, 15) is 13.6 Å². The second-order valence-electron chi connectivity index (χ2n) is 7.85. The number of alkyl halides is 2. The summed E-state index contributed by atoms with van der Waals surface area (Å²) in [5, 5.41) is 3.21. The summed E-state index contributed by atoms with van der Waals surface area (Å²) in [7, 11) is 0. The van der Waals surface area contributed by atoms with Gasteiger partial charge in [0.15, 0.2) is 0 Å². The topological polar surface area (TPSA) is 69.5 Å². The minimum Gasteiger partial charge on any atom is -0.435 e. The van der Waals surface area contributed by atoms with Gasteiger partial charge in [0, 0.05) is 24.0 Å². The van der Waals surface area contributed by atoms with Crippen LogP contribution in [0.3, 0.4) is 0 Å². The van der Waals surface area contributed by atoms with Gasteiger partial charge in [-0.15, -0.1) is 11.3 Å². The molecule has 0 unspecified atom stereocenters. The number of ether oxygens (including phenoxy) is 2. The Balaban J connectivity index is 1.44. The van der Waals surface area contributed by atoms with Crippen molar-refractivity contribution in [2.45, 2.75) is 19.7 Å². The zero-order chi connectivity index (χ0) is 23.5. The van der Waals surface area contributed by atoms with Crippen molar-refractivity contribution in [1.29, 1.82) is 0 Å². The molecular formula is C24H22F2N4O3S. The third kappa shape index (κ3) is 4.98. The second-order valence-corrected chi connectivity index (χ2v) is 8.80. The molecule has 10 heteroatoms. The number of aromatic nitrogens is 3. The number of para-hydroxylation sites is 1. The highest BCUT2D eigenvalue weighted by Crippen LogP contribution is 2.25. The second kappa shape index (κ2) is 9.96. The van der Waals surface area contributed by atoms with Gasteiger partial charge in [0.05, 0.1) is 42.9 Å². The molecule has 4 aromatic rings. The van der Waals surface area contributed by atoms with Crippen LogP contribution in [0.15, 0.2) is 58.7 Å². The molecule has 1 fully saturated rings. The van der Waals surface area contributed by atoms with Crippen LogP contribution < -0.4 is 10.3 Å². The Labute approximate surface area is 198 Å². The molecule has 2 aromatic heterocycles. The number of halogens is 2. The third-order valence-electron chi connectivity index (χ3n) is 5.63. The van der Waals surface area contributed by atoms with Crippen molar-refractivity contribution in [3.63, 3.8) is 0 Å². The number of rotatable bonds is 7. The molecule has 176 valence electrons. The quantitative estimate of drug-likeness (QED) is 0.395. The lowest BCUT2D eigenvalue weighted by molar-refractivity contribution is -0.0498. The largest absolute Gasteiger partial charge is 0.435 e. The Morgan fingerprint density at radius 1 is 1.03 bits per heavy atom. The van der Waals surface area contributed by atoms with E-state index in [2.05, 4.69) is 14.6 Å². The Hall–Kier alpha value is -3.21. The monoisotopic (exact) mass is 484 g/mol. The van der Waals surface area contributed by atoms with Gasteiger partial charge in [-0.05, 0) is 36.4 Å². The van der Waals surface area contributed by atoms with E-state index in [0.29, 0.717) is 48.7 Å². The van der Waals surface area contributed by atoms with E-state index in [1.165, 1.54) is 23.5 Å². The number of morpholine rings is 1. The summed E-state index contributed by atoms with van der Waals surface area (Å²) in [6.45, 7) is 0.882. The Kier molecular flexibility index (Phi) is 6.61. The first-order chi connectivity index (χ1) is 16.6. The Morgan fingerprint density at radius 3 is 2.56 bits per heavy atom. The highest BCUT2D eigenvalue weighted by Gasteiger charge is 2.18. The van der Waals surface area contributed by atoms with Gasteiger partial charge in [-0.25, -0.2) is 9.97 Å². The zero-order valence-electron chi connectivity index (χ0n) is 18.2. The molecule has 1 aliphatic rings. The fraction of sp³-hybridized carbons (Fsp3) is 0.292. The summed E-state index contributed by atoms with van der Waals surface area (Å²) in [4.78, 5) is 25.1. The predicted octanol–water partition coefficient (Wildman–Crippen LogP) is 4.00. The molecule has 7 nitrogen and oxygen atoms in total. The smallest absolute Gasteiger partial charge is 0.387 e. The van der Waals surface area contributed by atoms with Gasteiger partial charge in [-0.1, -0.05) is 12.1 Å². The highest BCUT2D eigenvalue weighted by molar-refractivity contribution is 7.09. The summed E-state index contributed by atoms with van der Waals surface area (Å²) < 4.78 is 36.3. The van der Waals surface area contributed by atoms with Gasteiger partial charge in [0.25, 0.3) is 5.56 Å². The van der Waals surface area contributed by atoms with Crippen molar-refractivity contribution in [1.82, 2.24) is 19.4 Å². The number of benzene rings is 2. The van der Waals surface area contributed by atoms with Crippen LogP contribution in [-0.2, 0) is 17.8 Å². The van der Waals surface area contributed by atoms with Crippen LogP contribution in [0.4, 0.5) is 8.78 Å². The number of nitrogens with zero attached hydrogens (tertiary/aromatic N) is 4. The van der Waals surface area contributed by atoms with Crippen molar-refractivity contribution in [2.24, 2.45) is 0 Å². The molecule has 5 rings (SSSR count). The SMILES string of the molecule is O=c1c2ccccc2nc(CN2CCOCC2)n1Cc1nc(-c2ccc(OC(F)F)cc2)cs1. The third-order valence-corrected chi connectivity index (χ3v) is 6.46. The molecule has 0 N–H and O–H groups in total. The first kappa shape index (κ1) is 22.6. The highest BCUT2D eigenvalue weighted by atomic mass is 32.1. The molecule has 0 bridgehead atoms. The first-order valence-electron chi connectivity index (χ1n) is 10.8. The fourth-order valence-electron chi connectivity index (χ4n) is 3.92. The molecule has 2 aromatic carbocycles. The average molecular weight is 485 g/mol. The van der Waals surface area contributed by atoms with Crippen LogP contribution in [0, 0.1) is 0 Å². The average Bonchev–Trinajstić information content (AvgIpc) is 3.31. The molecule has 1 saturated heterocycles. The van der Waals surface area contributed by atoms with Gasteiger partial charge in [0.1, 0.15) is 16.6 Å². The number of hydrogen-bond donors (Lipinski definition) is 0. The summed E-state index contributed by atoms with van der Waals surface area (Å²) in [6, 6.07) is 13.7. The Bertz CT molecular complexity index is 1330. The van der Waals surface area contributed by atoms with Crippen molar-refractivity contribution in [2.75, 3.05) is 26.3 Å². The van der Waals surface area contributed by atoms with Crippen LogP contribution in [-0.4, -0.2) is 52.3 Å². The molecule has 0 aliphatic carbocycles. The van der Waals surface area contributed by atoms with Gasteiger partial charge in [-0.3, -0.25) is 14.3 Å². The normalized spacial score (nSPS) is 14.7. The van der Waals surface area contributed by atoms with Crippen molar-refractivity contribution in [3.8, 4) is 17.0 Å². The summed E-state index contributed by atoms with van der Waals surface area (Å²) in [5.74, 6) is 0.784. The zero-order valence-corrected chi connectivity index (χ0v) is 19.0. The van der Waals surface area contributed by atoms with Crippen LogP contribution in [0.1, 0.15) is 10.8 Å². The van der Waals surface area contributed by atoms with E-state index >= 15 is 0 Å². The minimum atomic E-state index is -2.86. The van der Waals surface area contributed by atoms with E-state index < -0.39 is 6.61 Å². The molecular weight excluding hydrogens is 462 g/mol. The van der Waals surface area contributed by atoms with Gasteiger partial charge < -0.3 is 9.47 Å². The predicted molar refractivity (Wildman–Crippen MR) is 125 cm³/mol. The molecule has 0 radical (unpaired) electrons. The van der Waals surface area contributed by atoms with Crippen molar-refractivity contribution in [3.05, 3.63) is 75.1 Å². The van der Waals surface area contributed by atoms with Crippen LogP contribution in [0.25, 0.3) is 22.2 Å². The van der Waals surface area contributed by atoms with Gasteiger partial charge in [0.2, 0.25) is 0 Å². The number of hydrogen-bond acceptors (Lipinski definition) is 7. The van der Waals surface area contributed by atoms with Gasteiger partial charge in [-0.2, -0.15) is 8.78 Å². The fourth-order valence-corrected chi connectivity index (χ4v) is 4.71. The summed E-state index contributed by atoms with van der Waals surface area (Å²) in [6.07, 6.45) is 0. The van der Waals surface area contributed by atoms with E-state index in [0.717, 1.165) is 23.7 Å². The lowest BCUT2D eigenvalue weighted by Crippen LogP contribution is -2.38. The summed E-state index contributed by atoms with van der Waals surface area (Å²) >= 11 is 1.44. The molecule has 0 amide bonds. The van der Waals surface area contributed by atoms with Crippen molar-refractivity contribution >= 4 is 22.2 Å².